The maximum atomic E-state index is 9.53. The first-order chi connectivity index (χ1) is 9.65. The molecule has 1 unspecified atom stereocenters. The van der Waals surface area contributed by atoms with Crippen LogP contribution in [0.25, 0.3) is 0 Å². The highest BCUT2D eigenvalue weighted by Crippen LogP contribution is 2.27. The lowest BCUT2D eigenvalue weighted by Crippen LogP contribution is -2.18. The van der Waals surface area contributed by atoms with E-state index >= 15 is 0 Å². The van der Waals surface area contributed by atoms with E-state index in [1.54, 1.807) is 18.2 Å². The zero-order chi connectivity index (χ0) is 14.4. The number of phenols is 1. The molecule has 20 heavy (non-hydrogen) atoms. The fourth-order valence-electron chi connectivity index (χ4n) is 2.06. The van der Waals surface area contributed by atoms with Gasteiger partial charge in [0.2, 0.25) is 0 Å². The van der Waals surface area contributed by atoms with Crippen LogP contribution in [0.5, 0.6) is 11.5 Å². The molecule has 106 valence electrons. The first-order valence-corrected chi connectivity index (χ1v) is 6.80. The van der Waals surface area contributed by atoms with Crippen molar-refractivity contribution in [3.63, 3.8) is 0 Å². The third-order valence-electron chi connectivity index (χ3n) is 3.11. The van der Waals surface area contributed by atoms with Gasteiger partial charge in [0.15, 0.2) is 0 Å². The monoisotopic (exact) mass is 271 g/mol. The van der Waals surface area contributed by atoms with Gasteiger partial charge in [-0.15, -0.1) is 0 Å². The molecule has 0 bridgehead atoms. The Labute approximate surface area is 120 Å². The molecule has 1 N–H and O–H groups in total. The molecule has 0 aliphatic rings. The average molecular weight is 271 g/mol. The molecule has 0 radical (unpaired) electrons. The number of hydrogen-bond acceptors (Lipinski definition) is 3. The Morgan fingerprint density at radius 3 is 2.45 bits per heavy atom. The zero-order valence-electron chi connectivity index (χ0n) is 12.0. The molecule has 2 aromatic rings. The SMILES string of the molecule is CN(C)CCC(Oc1cccc(O)c1)c1ccccc1. The van der Waals surface area contributed by atoms with Gasteiger partial charge in [0.05, 0.1) is 0 Å². The predicted octanol–water partition coefficient (Wildman–Crippen LogP) is 3.46. The summed E-state index contributed by atoms with van der Waals surface area (Å²) >= 11 is 0. The molecule has 0 aliphatic carbocycles. The van der Waals surface area contributed by atoms with E-state index in [1.165, 1.54) is 0 Å². The van der Waals surface area contributed by atoms with Crippen LogP contribution in [0, 0.1) is 0 Å². The fraction of sp³-hybridized carbons (Fsp3) is 0.294. The van der Waals surface area contributed by atoms with Crippen molar-refractivity contribution in [2.75, 3.05) is 20.6 Å². The summed E-state index contributed by atoms with van der Waals surface area (Å²) in [4.78, 5) is 2.14. The summed E-state index contributed by atoms with van der Waals surface area (Å²) in [5, 5.41) is 9.53. The molecule has 3 nitrogen and oxygen atoms in total. The lowest BCUT2D eigenvalue weighted by molar-refractivity contribution is 0.179. The highest BCUT2D eigenvalue weighted by Gasteiger charge is 2.13. The molecule has 0 saturated heterocycles. The summed E-state index contributed by atoms with van der Waals surface area (Å²) in [5.41, 5.74) is 1.15. The Hall–Kier alpha value is -2.00. The number of nitrogens with zero attached hydrogens (tertiary/aromatic N) is 1. The molecule has 0 aromatic heterocycles. The van der Waals surface area contributed by atoms with E-state index in [0.717, 1.165) is 18.5 Å². The normalized spacial score (nSPS) is 12.3. The standard InChI is InChI=1S/C17H21NO2/c1-18(2)12-11-17(14-7-4-3-5-8-14)20-16-10-6-9-15(19)13-16/h3-10,13,17,19H,11-12H2,1-2H3. The van der Waals surface area contributed by atoms with Gasteiger partial charge in [0.1, 0.15) is 17.6 Å². The van der Waals surface area contributed by atoms with Gasteiger partial charge in [-0.3, -0.25) is 0 Å². The predicted molar refractivity (Wildman–Crippen MR) is 81.1 cm³/mol. The highest BCUT2D eigenvalue weighted by molar-refractivity contribution is 5.32. The minimum atomic E-state index is -0.0135. The topological polar surface area (TPSA) is 32.7 Å². The third kappa shape index (κ3) is 4.28. The average Bonchev–Trinajstić information content (AvgIpc) is 2.44. The van der Waals surface area contributed by atoms with Gasteiger partial charge < -0.3 is 14.7 Å². The summed E-state index contributed by atoms with van der Waals surface area (Å²) in [6.45, 7) is 0.943. The summed E-state index contributed by atoms with van der Waals surface area (Å²) in [6, 6.07) is 17.1. The van der Waals surface area contributed by atoms with Crippen LogP contribution in [-0.2, 0) is 0 Å². The molecule has 0 spiro atoms. The van der Waals surface area contributed by atoms with Gasteiger partial charge in [-0.1, -0.05) is 36.4 Å². The van der Waals surface area contributed by atoms with Crippen LogP contribution in [0.4, 0.5) is 0 Å². The van der Waals surface area contributed by atoms with Gasteiger partial charge in [-0.2, -0.15) is 0 Å². The van der Waals surface area contributed by atoms with E-state index in [9.17, 15) is 5.11 Å². The smallest absolute Gasteiger partial charge is 0.125 e. The molecule has 2 rings (SSSR count). The fourth-order valence-corrected chi connectivity index (χ4v) is 2.06. The quantitative estimate of drug-likeness (QED) is 0.873. The molecule has 0 heterocycles. The second-order valence-corrected chi connectivity index (χ2v) is 5.11. The van der Waals surface area contributed by atoms with Gasteiger partial charge in [-0.05, 0) is 31.8 Å². The van der Waals surface area contributed by atoms with Crippen LogP contribution in [0.15, 0.2) is 54.6 Å². The molecule has 0 aliphatic heterocycles. The number of benzene rings is 2. The minimum absolute atomic E-state index is 0.0135. The van der Waals surface area contributed by atoms with E-state index in [0.29, 0.717) is 5.75 Å². The Balaban J connectivity index is 2.14. The van der Waals surface area contributed by atoms with Gasteiger partial charge in [-0.25, -0.2) is 0 Å². The second-order valence-electron chi connectivity index (χ2n) is 5.11. The van der Waals surface area contributed by atoms with E-state index in [1.807, 2.05) is 24.3 Å². The molecular weight excluding hydrogens is 250 g/mol. The van der Waals surface area contributed by atoms with Crippen molar-refractivity contribution in [1.29, 1.82) is 0 Å². The van der Waals surface area contributed by atoms with Crippen LogP contribution in [-0.4, -0.2) is 30.6 Å². The number of rotatable bonds is 6. The molecule has 0 saturated carbocycles. The number of hydrogen-bond donors (Lipinski definition) is 1. The third-order valence-corrected chi connectivity index (χ3v) is 3.11. The van der Waals surface area contributed by atoms with Crippen molar-refractivity contribution in [2.24, 2.45) is 0 Å². The first kappa shape index (κ1) is 14.4. The lowest BCUT2D eigenvalue weighted by atomic mass is 10.1. The lowest BCUT2D eigenvalue weighted by Gasteiger charge is -2.21. The summed E-state index contributed by atoms with van der Waals surface area (Å²) in [6.07, 6.45) is 0.882. The van der Waals surface area contributed by atoms with Crippen LogP contribution >= 0.6 is 0 Å². The van der Waals surface area contributed by atoms with Crippen molar-refractivity contribution in [1.82, 2.24) is 4.90 Å². The minimum Gasteiger partial charge on any atom is -0.508 e. The van der Waals surface area contributed by atoms with E-state index in [-0.39, 0.29) is 11.9 Å². The van der Waals surface area contributed by atoms with Gasteiger partial charge in [0.25, 0.3) is 0 Å². The van der Waals surface area contributed by atoms with Crippen molar-refractivity contribution >= 4 is 0 Å². The van der Waals surface area contributed by atoms with Gasteiger partial charge >= 0.3 is 0 Å². The van der Waals surface area contributed by atoms with Crippen LogP contribution in [0.1, 0.15) is 18.1 Å². The highest BCUT2D eigenvalue weighted by atomic mass is 16.5. The molecule has 2 aromatic carbocycles. The van der Waals surface area contributed by atoms with E-state index < -0.39 is 0 Å². The molecule has 3 heteroatoms. The summed E-state index contributed by atoms with van der Waals surface area (Å²) in [7, 11) is 4.10. The van der Waals surface area contributed by atoms with Crippen molar-refractivity contribution in [3.05, 3.63) is 60.2 Å². The summed E-state index contributed by atoms with van der Waals surface area (Å²) in [5.74, 6) is 0.916. The first-order valence-electron chi connectivity index (χ1n) is 6.80. The molecular formula is C17H21NO2. The summed E-state index contributed by atoms with van der Waals surface area (Å²) < 4.78 is 6.05. The number of aromatic hydroxyl groups is 1. The molecule has 0 amide bonds. The Morgan fingerprint density at radius 2 is 1.80 bits per heavy atom. The van der Waals surface area contributed by atoms with E-state index in [2.05, 4.69) is 31.1 Å². The maximum Gasteiger partial charge on any atom is 0.125 e. The maximum absolute atomic E-state index is 9.53. The van der Waals surface area contributed by atoms with Crippen molar-refractivity contribution in [3.8, 4) is 11.5 Å². The Kier molecular flexibility index (Phi) is 5.02. The number of phenolic OH excluding ortho intramolecular Hbond substituents is 1. The largest absolute Gasteiger partial charge is 0.508 e. The Morgan fingerprint density at radius 1 is 1.05 bits per heavy atom. The second kappa shape index (κ2) is 6.96. The van der Waals surface area contributed by atoms with Crippen LogP contribution in [0.3, 0.4) is 0 Å². The van der Waals surface area contributed by atoms with Crippen LogP contribution < -0.4 is 4.74 Å². The van der Waals surface area contributed by atoms with Gasteiger partial charge in [0, 0.05) is 19.0 Å². The Bertz CT molecular complexity index is 526. The zero-order valence-corrected chi connectivity index (χ0v) is 12.0. The van der Waals surface area contributed by atoms with E-state index in [4.69, 9.17) is 4.74 Å². The van der Waals surface area contributed by atoms with Crippen molar-refractivity contribution < 1.29 is 9.84 Å². The molecule has 1 atom stereocenters. The van der Waals surface area contributed by atoms with Crippen LogP contribution in [0.2, 0.25) is 0 Å². The molecule has 0 fully saturated rings. The number of ether oxygens (including phenoxy) is 1. The van der Waals surface area contributed by atoms with Crippen molar-refractivity contribution in [2.45, 2.75) is 12.5 Å².